The van der Waals surface area contributed by atoms with E-state index in [0.29, 0.717) is 11.8 Å². The molecule has 0 aliphatic heterocycles. The average Bonchev–Trinajstić information content (AvgIpc) is 3.86. The van der Waals surface area contributed by atoms with Crippen molar-refractivity contribution in [3.63, 3.8) is 0 Å². The first-order chi connectivity index (χ1) is 28.5. The zero-order valence-electron chi connectivity index (χ0n) is 33.4. The zero-order valence-corrected chi connectivity index (χ0v) is 35.7. The van der Waals surface area contributed by atoms with Crippen LogP contribution in [-0.2, 0) is 20.1 Å². The predicted octanol–water partition coefficient (Wildman–Crippen LogP) is 13.9. The Morgan fingerprint density at radius 1 is 0.593 bits per heavy atom. The van der Waals surface area contributed by atoms with Crippen LogP contribution in [0.25, 0.3) is 83.8 Å². The quantitative estimate of drug-likeness (QED) is 0.149. The van der Waals surface area contributed by atoms with Crippen LogP contribution in [0.5, 0.6) is 0 Å². The van der Waals surface area contributed by atoms with Gasteiger partial charge >= 0.3 is 0 Å². The minimum atomic E-state index is 0. The Hall–Kier alpha value is -6.46. The monoisotopic (exact) mass is 943 g/mol. The molecular formula is C53H42IrN4O-2. The molecule has 4 aromatic heterocycles. The van der Waals surface area contributed by atoms with Crippen LogP contribution in [0.15, 0.2) is 174 Å². The second kappa shape index (κ2) is 17.2. The van der Waals surface area contributed by atoms with Gasteiger partial charge in [0.1, 0.15) is 5.58 Å². The van der Waals surface area contributed by atoms with E-state index in [0.717, 1.165) is 78.1 Å². The van der Waals surface area contributed by atoms with Crippen LogP contribution < -0.4 is 0 Å². The molecular weight excluding hydrogens is 901 g/mol. The first kappa shape index (κ1) is 39.4. The Labute approximate surface area is 358 Å². The van der Waals surface area contributed by atoms with Gasteiger partial charge in [-0.25, -0.2) is 4.98 Å². The van der Waals surface area contributed by atoms with Crippen molar-refractivity contribution in [1.82, 2.24) is 19.5 Å². The van der Waals surface area contributed by atoms with Gasteiger partial charge in [-0.05, 0) is 46.9 Å². The van der Waals surface area contributed by atoms with Gasteiger partial charge in [-0.3, -0.25) is 4.98 Å². The van der Waals surface area contributed by atoms with E-state index in [9.17, 15) is 0 Å². The van der Waals surface area contributed by atoms with Crippen molar-refractivity contribution in [3.8, 4) is 50.8 Å². The molecule has 10 rings (SSSR count). The fraction of sp³-hybridized carbons (Fsp3) is 0.113. The molecule has 4 heterocycles. The van der Waals surface area contributed by atoms with Crippen LogP contribution >= 0.6 is 0 Å². The molecule has 1 radical (unpaired) electrons. The van der Waals surface area contributed by atoms with Gasteiger partial charge in [0.2, 0.25) is 0 Å². The molecule has 0 fully saturated rings. The Bertz CT molecular complexity index is 2930. The van der Waals surface area contributed by atoms with Gasteiger partial charge in [0.05, 0.1) is 33.8 Å². The number of nitrogens with zero attached hydrogens (tertiary/aromatic N) is 4. The van der Waals surface area contributed by atoms with Crippen molar-refractivity contribution in [3.05, 3.63) is 193 Å². The molecule has 0 N–H and O–H groups in total. The number of rotatable bonds is 7. The van der Waals surface area contributed by atoms with Crippen molar-refractivity contribution in [2.75, 3.05) is 0 Å². The Morgan fingerprint density at radius 2 is 1.27 bits per heavy atom. The van der Waals surface area contributed by atoms with Gasteiger partial charge in [-0.15, -0.1) is 54.1 Å². The summed E-state index contributed by atoms with van der Waals surface area (Å²) < 4.78 is 9.22. The zero-order chi connectivity index (χ0) is 39.6. The fourth-order valence-corrected chi connectivity index (χ4v) is 7.75. The largest absolute Gasteiger partial charge is 0.500 e. The number of fused-ring (bicyclic) bond motifs is 4. The molecule has 6 aromatic carbocycles. The van der Waals surface area contributed by atoms with E-state index in [2.05, 4.69) is 140 Å². The number of hydrogen-bond acceptors (Lipinski definition) is 4. The maximum absolute atomic E-state index is 6.88. The van der Waals surface area contributed by atoms with Gasteiger partial charge in [0.15, 0.2) is 0 Å². The third kappa shape index (κ3) is 7.66. The molecule has 0 aliphatic rings. The maximum Gasteiger partial charge on any atom is 0.125 e. The summed E-state index contributed by atoms with van der Waals surface area (Å²) >= 11 is 0. The summed E-state index contributed by atoms with van der Waals surface area (Å²) in [5, 5.41) is 1.98. The smallest absolute Gasteiger partial charge is 0.125 e. The van der Waals surface area contributed by atoms with E-state index in [1.807, 2.05) is 72.8 Å². The molecule has 10 aromatic rings. The van der Waals surface area contributed by atoms with E-state index in [1.165, 1.54) is 16.8 Å². The molecule has 291 valence electrons. The second-order valence-corrected chi connectivity index (χ2v) is 15.0. The van der Waals surface area contributed by atoms with Crippen molar-refractivity contribution < 1.29 is 24.5 Å². The van der Waals surface area contributed by atoms with Gasteiger partial charge < -0.3 is 14.0 Å². The van der Waals surface area contributed by atoms with E-state index < -0.39 is 0 Å². The summed E-state index contributed by atoms with van der Waals surface area (Å²) in [4.78, 5) is 14.7. The SMILES string of the molecule is CC(C)c1cccc(C(C)C)c1-n1c(-c2[c-]ccc3c2oc2cc(-c4ccccc4)nc(-c4ccccc4)c23)nc2ccccc21.[Ir].[c-]1ccccc1-c1ccccn1. The molecule has 6 heteroatoms. The van der Waals surface area contributed by atoms with Gasteiger partial charge in [-0.1, -0.05) is 142 Å². The molecule has 0 aliphatic carbocycles. The number of imidazole rings is 1. The van der Waals surface area contributed by atoms with Crippen LogP contribution in [0.2, 0.25) is 0 Å². The van der Waals surface area contributed by atoms with Crippen molar-refractivity contribution >= 4 is 33.0 Å². The van der Waals surface area contributed by atoms with E-state index in [1.54, 1.807) is 6.20 Å². The van der Waals surface area contributed by atoms with Crippen LogP contribution in [0.4, 0.5) is 0 Å². The van der Waals surface area contributed by atoms with E-state index >= 15 is 0 Å². The van der Waals surface area contributed by atoms with Gasteiger partial charge in [0.25, 0.3) is 0 Å². The van der Waals surface area contributed by atoms with Crippen molar-refractivity contribution in [2.24, 2.45) is 0 Å². The Balaban J connectivity index is 0.000000319. The molecule has 0 saturated heterocycles. The summed E-state index contributed by atoms with van der Waals surface area (Å²) in [6.07, 6.45) is 1.79. The number of pyridine rings is 2. The average molecular weight is 943 g/mol. The number of benzene rings is 6. The molecule has 0 spiro atoms. The summed E-state index contributed by atoms with van der Waals surface area (Å²) in [6.45, 7) is 9.04. The number of para-hydroxylation sites is 3. The molecule has 0 saturated carbocycles. The van der Waals surface area contributed by atoms with Crippen LogP contribution in [0.3, 0.4) is 0 Å². The topological polar surface area (TPSA) is 56.7 Å². The minimum Gasteiger partial charge on any atom is -0.500 e. The Morgan fingerprint density at radius 3 is 1.95 bits per heavy atom. The molecule has 5 nitrogen and oxygen atoms in total. The molecule has 59 heavy (non-hydrogen) atoms. The summed E-state index contributed by atoms with van der Waals surface area (Å²) in [5.74, 6) is 1.47. The molecule has 0 unspecified atom stereocenters. The minimum absolute atomic E-state index is 0. The third-order valence-electron chi connectivity index (χ3n) is 10.5. The van der Waals surface area contributed by atoms with Crippen LogP contribution in [-0.4, -0.2) is 19.5 Å². The molecule has 0 atom stereocenters. The number of furan rings is 1. The molecule has 0 bridgehead atoms. The third-order valence-corrected chi connectivity index (χ3v) is 10.5. The fourth-order valence-electron chi connectivity index (χ4n) is 7.75. The van der Waals surface area contributed by atoms with Crippen LogP contribution in [0, 0.1) is 12.1 Å². The predicted molar refractivity (Wildman–Crippen MR) is 238 cm³/mol. The normalized spacial score (nSPS) is 11.2. The number of hydrogen-bond donors (Lipinski definition) is 0. The number of aromatic nitrogens is 4. The van der Waals surface area contributed by atoms with Crippen molar-refractivity contribution in [1.29, 1.82) is 0 Å². The first-order valence-electron chi connectivity index (χ1n) is 19.8. The Kier molecular flexibility index (Phi) is 11.5. The van der Waals surface area contributed by atoms with E-state index in [-0.39, 0.29) is 20.1 Å². The van der Waals surface area contributed by atoms with Gasteiger partial charge in [-0.2, -0.15) is 0 Å². The summed E-state index contributed by atoms with van der Waals surface area (Å²) in [5.41, 5.74) is 14.0. The van der Waals surface area contributed by atoms with Crippen molar-refractivity contribution in [2.45, 2.75) is 39.5 Å². The van der Waals surface area contributed by atoms with Crippen LogP contribution in [0.1, 0.15) is 50.7 Å². The summed E-state index contributed by atoms with van der Waals surface area (Å²) in [7, 11) is 0. The summed E-state index contributed by atoms with van der Waals surface area (Å²) in [6, 6.07) is 62.3. The van der Waals surface area contributed by atoms with E-state index in [4.69, 9.17) is 14.4 Å². The standard InChI is InChI=1S/C42H34N3O.C11H8N.Ir/c1-26(2)30-19-13-20-31(27(3)4)40(30)45-36-24-12-11-23-34(36)44-42(45)33-22-14-21-32-38-37(46-41(32)33)25-35(28-15-7-5-8-16-28)43-39(38)29-17-9-6-10-18-29;1-2-6-10(7-3-1)11-8-4-5-9-12-11;/h5-21,23-27H,1-4H3;1-6,8-9H;/q2*-1;. The first-order valence-corrected chi connectivity index (χ1v) is 19.8. The molecule has 0 amide bonds. The second-order valence-electron chi connectivity index (χ2n) is 15.0. The van der Waals surface area contributed by atoms with Gasteiger partial charge in [0, 0.05) is 54.6 Å². The maximum atomic E-state index is 6.88.